The van der Waals surface area contributed by atoms with Crippen molar-refractivity contribution < 1.29 is 4.42 Å². The highest BCUT2D eigenvalue weighted by Gasteiger charge is 2.18. The van der Waals surface area contributed by atoms with Crippen LogP contribution in [0.25, 0.3) is 75.1 Å². The van der Waals surface area contributed by atoms with Crippen molar-refractivity contribution in [1.29, 1.82) is 0 Å². The predicted octanol–water partition coefficient (Wildman–Crippen LogP) is 13.9. The third-order valence-electron chi connectivity index (χ3n) is 9.67. The van der Waals surface area contributed by atoms with Gasteiger partial charge in [0.1, 0.15) is 11.2 Å². The van der Waals surface area contributed by atoms with Gasteiger partial charge in [0.15, 0.2) is 0 Å². The molecule has 0 amide bonds. The van der Waals surface area contributed by atoms with Gasteiger partial charge in [-0.05, 0) is 93.7 Å². The molecule has 230 valence electrons. The molecule has 2 heterocycles. The lowest BCUT2D eigenvalue weighted by Gasteiger charge is -2.26. The van der Waals surface area contributed by atoms with Crippen molar-refractivity contribution in [2.75, 3.05) is 4.90 Å². The quantitative estimate of drug-likeness (QED) is 0.186. The van der Waals surface area contributed by atoms with E-state index in [2.05, 4.69) is 169 Å². The summed E-state index contributed by atoms with van der Waals surface area (Å²) >= 11 is 1.86. The fourth-order valence-corrected chi connectivity index (χ4v) is 8.46. The minimum absolute atomic E-state index is 0.909. The molecule has 0 atom stereocenters. The van der Waals surface area contributed by atoms with Crippen molar-refractivity contribution >= 4 is 81.3 Å². The fourth-order valence-electron chi connectivity index (χ4n) is 7.36. The van der Waals surface area contributed by atoms with Gasteiger partial charge in [-0.1, -0.05) is 115 Å². The van der Waals surface area contributed by atoms with Gasteiger partial charge in [0.2, 0.25) is 0 Å². The lowest BCUT2D eigenvalue weighted by atomic mass is 9.99. The van der Waals surface area contributed by atoms with Crippen LogP contribution in [0.5, 0.6) is 0 Å². The summed E-state index contributed by atoms with van der Waals surface area (Å²) in [4.78, 5) is 2.38. The van der Waals surface area contributed by atoms with Crippen LogP contribution < -0.4 is 4.90 Å². The third-order valence-corrected chi connectivity index (χ3v) is 10.8. The minimum Gasteiger partial charge on any atom is -0.456 e. The van der Waals surface area contributed by atoms with E-state index in [1.165, 1.54) is 47.6 Å². The standard InChI is InChI=1S/C46H29NOS/c1-2-9-30(10-3-1)31-17-22-34(23-18-31)47(36-26-28-43-40(29-36)46-38-12-5-4-11-32(38)21-27-44(46)49-43)35-24-19-33(20-25-35)37-14-8-16-42-45(37)39-13-6-7-15-41(39)48-42/h1-29H. The molecule has 0 bridgehead atoms. The first-order valence-electron chi connectivity index (χ1n) is 16.6. The molecule has 0 aliphatic rings. The summed E-state index contributed by atoms with van der Waals surface area (Å²) in [5.41, 5.74) is 9.90. The average molecular weight is 644 g/mol. The Morgan fingerprint density at radius 1 is 0.388 bits per heavy atom. The van der Waals surface area contributed by atoms with Crippen LogP contribution in [0.4, 0.5) is 17.1 Å². The van der Waals surface area contributed by atoms with E-state index in [9.17, 15) is 0 Å². The van der Waals surface area contributed by atoms with Crippen LogP contribution in [0.1, 0.15) is 0 Å². The Labute approximate surface area is 287 Å². The molecule has 0 spiro atoms. The predicted molar refractivity (Wildman–Crippen MR) is 210 cm³/mol. The van der Waals surface area contributed by atoms with Crippen LogP contribution in [0.15, 0.2) is 180 Å². The number of hydrogen-bond acceptors (Lipinski definition) is 3. The molecule has 0 radical (unpaired) electrons. The number of para-hydroxylation sites is 1. The summed E-state index contributed by atoms with van der Waals surface area (Å²) in [6, 6.07) is 63.2. The SMILES string of the molecule is c1ccc(-c2ccc(N(c3ccc(-c4cccc5oc6ccccc6c45)cc3)c3ccc4sc5ccc6ccccc6c5c4c3)cc2)cc1. The molecule has 3 heteroatoms. The van der Waals surface area contributed by atoms with Crippen molar-refractivity contribution in [3.63, 3.8) is 0 Å². The summed E-state index contributed by atoms with van der Waals surface area (Å²) in [6.45, 7) is 0. The molecule has 0 aliphatic heterocycles. The van der Waals surface area contributed by atoms with Crippen LogP contribution in [0, 0.1) is 0 Å². The number of furan rings is 1. The van der Waals surface area contributed by atoms with E-state index in [1.54, 1.807) is 0 Å². The number of benzene rings is 8. The summed E-state index contributed by atoms with van der Waals surface area (Å²) in [5, 5.41) is 7.48. The van der Waals surface area contributed by atoms with Gasteiger partial charge < -0.3 is 9.32 Å². The Morgan fingerprint density at radius 2 is 1.02 bits per heavy atom. The molecular formula is C46H29NOS. The number of hydrogen-bond donors (Lipinski definition) is 0. The van der Waals surface area contributed by atoms with Crippen molar-refractivity contribution in [2.45, 2.75) is 0 Å². The van der Waals surface area contributed by atoms with Crippen molar-refractivity contribution in [2.24, 2.45) is 0 Å². The van der Waals surface area contributed by atoms with Crippen LogP contribution in [0.2, 0.25) is 0 Å². The largest absolute Gasteiger partial charge is 0.456 e. The Balaban J connectivity index is 1.13. The molecule has 8 aromatic carbocycles. The number of fused-ring (bicyclic) bond motifs is 8. The van der Waals surface area contributed by atoms with E-state index in [1.807, 2.05) is 23.5 Å². The molecule has 49 heavy (non-hydrogen) atoms. The molecule has 0 N–H and O–H groups in total. The van der Waals surface area contributed by atoms with E-state index in [4.69, 9.17) is 4.42 Å². The maximum Gasteiger partial charge on any atom is 0.136 e. The first kappa shape index (κ1) is 27.9. The lowest BCUT2D eigenvalue weighted by molar-refractivity contribution is 0.669. The highest BCUT2D eigenvalue weighted by Crippen LogP contribution is 2.44. The highest BCUT2D eigenvalue weighted by molar-refractivity contribution is 7.26. The highest BCUT2D eigenvalue weighted by atomic mass is 32.1. The third kappa shape index (κ3) is 4.62. The summed E-state index contributed by atoms with van der Waals surface area (Å²) in [6.07, 6.45) is 0. The second kappa shape index (κ2) is 11.2. The van der Waals surface area contributed by atoms with Gasteiger partial charge in [0.25, 0.3) is 0 Å². The smallest absolute Gasteiger partial charge is 0.136 e. The summed E-state index contributed by atoms with van der Waals surface area (Å²) in [7, 11) is 0. The number of anilines is 3. The van der Waals surface area contributed by atoms with Crippen molar-refractivity contribution in [3.05, 3.63) is 176 Å². The molecule has 0 saturated carbocycles. The zero-order valence-corrected chi connectivity index (χ0v) is 27.3. The van der Waals surface area contributed by atoms with Crippen molar-refractivity contribution in [3.8, 4) is 22.3 Å². The first-order chi connectivity index (χ1) is 24.3. The monoisotopic (exact) mass is 643 g/mol. The summed E-state index contributed by atoms with van der Waals surface area (Å²) in [5.74, 6) is 0. The topological polar surface area (TPSA) is 16.4 Å². The minimum atomic E-state index is 0.909. The van der Waals surface area contributed by atoms with Gasteiger partial charge in [-0.25, -0.2) is 0 Å². The zero-order valence-electron chi connectivity index (χ0n) is 26.5. The second-order valence-electron chi connectivity index (χ2n) is 12.5. The van der Waals surface area contributed by atoms with Crippen LogP contribution in [-0.2, 0) is 0 Å². The maximum absolute atomic E-state index is 6.21. The van der Waals surface area contributed by atoms with Crippen LogP contribution in [-0.4, -0.2) is 0 Å². The van der Waals surface area contributed by atoms with Crippen LogP contribution >= 0.6 is 11.3 Å². The number of thiophene rings is 1. The second-order valence-corrected chi connectivity index (χ2v) is 13.6. The Hall–Kier alpha value is -6.16. The van der Waals surface area contributed by atoms with E-state index < -0.39 is 0 Å². The van der Waals surface area contributed by atoms with Gasteiger partial charge in [0, 0.05) is 48.0 Å². The molecule has 10 aromatic rings. The molecule has 0 fully saturated rings. The molecular weight excluding hydrogens is 615 g/mol. The van der Waals surface area contributed by atoms with Gasteiger partial charge in [0.05, 0.1) is 0 Å². The van der Waals surface area contributed by atoms with Crippen LogP contribution in [0.3, 0.4) is 0 Å². The molecule has 0 saturated heterocycles. The maximum atomic E-state index is 6.21. The molecule has 2 nitrogen and oxygen atoms in total. The van der Waals surface area contributed by atoms with Gasteiger partial charge in [-0.2, -0.15) is 0 Å². The zero-order chi connectivity index (χ0) is 32.3. The van der Waals surface area contributed by atoms with E-state index in [-0.39, 0.29) is 0 Å². The van der Waals surface area contributed by atoms with E-state index in [0.717, 1.165) is 44.6 Å². The Morgan fingerprint density at radius 3 is 1.84 bits per heavy atom. The van der Waals surface area contributed by atoms with E-state index >= 15 is 0 Å². The van der Waals surface area contributed by atoms with E-state index in [0.29, 0.717) is 0 Å². The number of nitrogens with zero attached hydrogens (tertiary/aromatic N) is 1. The fraction of sp³-hybridized carbons (Fsp3) is 0. The number of rotatable bonds is 5. The Bertz CT molecular complexity index is 2810. The van der Waals surface area contributed by atoms with Crippen molar-refractivity contribution in [1.82, 2.24) is 0 Å². The van der Waals surface area contributed by atoms with Gasteiger partial charge in [-0.3, -0.25) is 0 Å². The lowest BCUT2D eigenvalue weighted by Crippen LogP contribution is -2.09. The molecule has 10 rings (SSSR count). The normalized spacial score (nSPS) is 11.7. The average Bonchev–Trinajstić information content (AvgIpc) is 3.74. The molecule has 0 aliphatic carbocycles. The molecule has 0 unspecified atom stereocenters. The van der Waals surface area contributed by atoms with Gasteiger partial charge >= 0.3 is 0 Å². The van der Waals surface area contributed by atoms with Gasteiger partial charge in [-0.15, -0.1) is 11.3 Å². The molecule has 2 aromatic heterocycles. The summed E-state index contributed by atoms with van der Waals surface area (Å²) < 4.78 is 8.82. The first-order valence-corrected chi connectivity index (χ1v) is 17.4. The Kier molecular flexibility index (Phi) is 6.39.